The normalized spacial score (nSPS) is 20.0. The Morgan fingerprint density at radius 1 is 1.13 bits per heavy atom. The lowest BCUT2D eigenvalue weighted by Crippen LogP contribution is -2.36. The first-order valence-corrected chi connectivity index (χ1v) is 8.56. The molecule has 4 rings (SSSR count). The fourth-order valence-electron chi connectivity index (χ4n) is 3.11. The van der Waals surface area contributed by atoms with Crippen LogP contribution in [0.1, 0.15) is 48.7 Å². The van der Waals surface area contributed by atoms with E-state index in [9.17, 15) is 0 Å². The molecule has 5 heteroatoms. The first-order valence-electron chi connectivity index (χ1n) is 8.56. The molecule has 0 radical (unpaired) electrons. The fourth-order valence-corrected chi connectivity index (χ4v) is 3.11. The molecule has 2 aromatic heterocycles. The molecule has 2 aromatic rings. The molecule has 5 nitrogen and oxygen atoms in total. The zero-order chi connectivity index (χ0) is 15.5. The van der Waals surface area contributed by atoms with Gasteiger partial charge in [-0.1, -0.05) is 11.2 Å². The maximum atomic E-state index is 5.99. The molecular weight excluding hydrogens is 290 g/mol. The van der Waals surface area contributed by atoms with E-state index in [0.717, 1.165) is 49.6 Å². The Bertz CT molecular complexity index is 616. The maximum absolute atomic E-state index is 5.99. The highest BCUT2D eigenvalue weighted by Gasteiger charge is 2.28. The smallest absolute Gasteiger partial charge is 0.140 e. The summed E-state index contributed by atoms with van der Waals surface area (Å²) in [5.74, 6) is 1.72. The minimum absolute atomic E-state index is 0.340. The van der Waals surface area contributed by atoms with Crippen LogP contribution in [0.5, 0.6) is 0 Å². The third-order valence-corrected chi connectivity index (χ3v) is 4.67. The summed E-state index contributed by atoms with van der Waals surface area (Å²) in [6, 6.07) is 8.08. The van der Waals surface area contributed by atoms with Crippen molar-refractivity contribution in [3.63, 3.8) is 0 Å². The summed E-state index contributed by atoms with van der Waals surface area (Å²) in [5.41, 5.74) is 2.07. The number of pyridine rings is 1. The van der Waals surface area contributed by atoms with Crippen LogP contribution in [0.25, 0.3) is 0 Å². The molecule has 23 heavy (non-hydrogen) atoms. The van der Waals surface area contributed by atoms with E-state index >= 15 is 0 Å². The second kappa shape index (κ2) is 6.81. The molecule has 122 valence electrons. The summed E-state index contributed by atoms with van der Waals surface area (Å²) in [6.45, 7) is 3.61. The van der Waals surface area contributed by atoms with E-state index in [0.29, 0.717) is 18.6 Å². The SMILES string of the molecule is c1ccc(COC2CCN(Cc3cc(C4CC4)on3)CC2)nc1. The van der Waals surface area contributed by atoms with Gasteiger partial charge in [0.15, 0.2) is 0 Å². The van der Waals surface area contributed by atoms with Gasteiger partial charge in [-0.25, -0.2) is 0 Å². The minimum atomic E-state index is 0.340. The Kier molecular flexibility index (Phi) is 4.39. The van der Waals surface area contributed by atoms with Gasteiger partial charge in [0.2, 0.25) is 0 Å². The third kappa shape index (κ3) is 3.98. The van der Waals surface area contributed by atoms with E-state index in [1.54, 1.807) is 0 Å². The van der Waals surface area contributed by atoms with Crippen LogP contribution in [0.15, 0.2) is 35.0 Å². The molecule has 2 aliphatic rings. The predicted octanol–water partition coefficient (Wildman–Crippen LogP) is 3.13. The average molecular weight is 313 g/mol. The Hall–Kier alpha value is -1.72. The monoisotopic (exact) mass is 313 g/mol. The second-order valence-corrected chi connectivity index (χ2v) is 6.60. The van der Waals surface area contributed by atoms with Gasteiger partial charge in [-0.3, -0.25) is 9.88 Å². The van der Waals surface area contributed by atoms with Crippen LogP contribution in [0.2, 0.25) is 0 Å². The fraction of sp³-hybridized carbons (Fsp3) is 0.556. The van der Waals surface area contributed by atoms with Crippen molar-refractivity contribution in [1.29, 1.82) is 0 Å². The lowest BCUT2D eigenvalue weighted by Gasteiger charge is -2.31. The molecular formula is C18H23N3O2. The molecule has 3 heterocycles. The van der Waals surface area contributed by atoms with Crippen molar-refractivity contribution in [3.05, 3.63) is 47.6 Å². The van der Waals surface area contributed by atoms with Crippen molar-refractivity contribution in [2.45, 2.75) is 50.9 Å². The first kappa shape index (κ1) is 14.8. The summed E-state index contributed by atoms with van der Waals surface area (Å²) in [6.07, 6.45) is 6.81. The largest absolute Gasteiger partial charge is 0.372 e. The molecule has 1 saturated carbocycles. The minimum Gasteiger partial charge on any atom is -0.372 e. The van der Waals surface area contributed by atoms with Crippen molar-refractivity contribution in [3.8, 4) is 0 Å². The highest BCUT2D eigenvalue weighted by Crippen LogP contribution is 2.40. The van der Waals surface area contributed by atoms with Crippen molar-refractivity contribution < 1.29 is 9.26 Å². The Labute approximate surface area is 136 Å². The van der Waals surface area contributed by atoms with E-state index in [1.807, 2.05) is 24.4 Å². The lowest BCUT2D eigenvalue weighted by atomic mass is 10.1. The number of aromatic nitrogens is 2. The van der Waals surface area contributed by atoms with Gasteiger partial charge in [0.25, 0.3) is 0 Å². The summed E-state index contributed by atoms with van der Waals surface area (Å²) in [4.78, 5) is 6.74. The topological polar surface area (TPSA) is 51.4 Å². The van der Waals surface area contributed by atoms with Crippen LogP contribution < -0.4 is 0 Å². The van der Waals surface area contributed by atoms with Gasteiger partial charge in [0.1, 0.15) is 5.76 Å². The average Bonchev–Trinajstić information content (AvgIpc) is 3.35. The van der Waals surface area contributed by atoms with E-state index in [2.05, 4.69) is 21.1 Å². The zero-order valence-electron chi connectivity index (χ0n) is 13.4. The quantitative estimate of drug-likeness (QED) is 0.820. The zero-order valence-corrected chi connectivity index (χ0v) is 13.4. The lowest BCUT2D eigenvalue weighted by molar-refractivity contribution is -0.00555. The first-order chi connectivity index (χ1) is 11.4. The summed E-state index contributed by atoms with van der Waals surface area (Å²) >= 11 is 0. The van der Waals surface area contributed by atoms with Crippen molar-refractivity contribution in [2.24, 2.45) is 0 Å². The molecule has 0 amide bonds. The Morgan fingerprint density at radius 2 is 2.00 bits per heavy atom. The molecule has 0 unspecified atom stereocenters. The number of piperidine rings is 1. The van der Waals surface area contributed by atoms with Gasteiger partial charge in [-0.15, -0.1) is 0 Å². The van der Waals surface area contributed by atoms with E-state index in [-0.39, 0.29) is 0 Å². The van der Waals surface area contributed by atoms with E-state index in [1.165, 1.54) is 12.8 Å². The van der Waals surface area contributed by atoms with Gasteiger partial charge in [-0.2, -0.15) is 0 Å². The number of likely N-dealkylation sites (tertiary alicyclic amines) is 1. The number of hydrogen-bond acceptors (Lipinski definition) is 5. The maximum Gasteiger partial charge on any atom is 0.140 e. The van der Waals surface area contributed by atoms with Crippen molar-refractivity contribution >= 4 is 0 Å². The molecule has 1 aliphatic carbocycles. The number of nitrogens with zero attached hydrogens (tertiary/aromatic N) is 3. The standard InChI is InChI=1S/C18H23N3O2/c1-2-8-19-15(3-1)13-22-17-6-9-21(10-7-17)12-16-11-18(23-20-16)14-4-5-14/h1-3,8,11,14,17H,4-7,9-10,12-13H2. The highest BCUT2D eigenvalue weighted by molar-refractivity contribution is 5.14. The Morgan fingerprint density at radius 3 is 2.74 bits per heavy atom. The molecule has 0 spiro atoms. The third-order valence-electron chi connectivity index (χ3n) is 4.67. The second-order valence-electron chi connectivity index (χ2n) is 6.60. The molecule has 0 bridgehead atoms. The molecule has 0 aromatic carbocycles. The Balaban J connectivity index is 1.21. The van der Waals surface area contributed by atoms with Crippen LogP contribution in [-0.2, 0) is 17.9 Å². The van der Waals surface area contributed by atoms with E-state index in [4.69, 9.17) is 9.26 Å². The molecule has 0 N–H and O–H groups in total. The predicted molar refractivity (Wildman–Crippen MR) is 85.8 cm³/mol. The van der Waals surface area contributed by atoms with Crippen LogP contribution in [0.3, 0.4) is 0 Å². The van der Waals surface area contributed by atoms with Gasteiger partial charge in [-0.05, 0) is 37.8 Å². The molecule has 1 saturated heterocycles. The number of hydrogen-bond donors (Lipinski definition) is 0. The van der Waals surface area contributed by atoms with Crippen LogP contribution in [0, 0.1) is 0 Å². The van der Waals surface area contributed by atoms with Crippen LogP contribution in [-0.4, -0.2) is 34.2 Å². The molecule has 2 fully saturated rings. The van der Waals surface area contributed by atoms with Gasteiger partial charge >= 0.3 is 0 Å². The summed E-state index contributed by atoms with van der Waals surface area (Å²) < 4.78 is 11.4. The van der Waals surface area contributed by atoms with Gasteiger partial charge in [0.05, 0.1) is 24.1 Å². The van der Waals surface area contributed by atoms with E-state index < -0.39 is 0 Å². The van der Waals surface area contributed by atoms with Crippen LogP contribution in [0.4, 0.5) is 0 Å². The number of ether oxygens (including phenoxy) is 1. The van der Waals surface area contributed by atoms with Gasteiger partial charge < -0.3 is 9.26 Å². The summed E-state index contributed by atoms with van der Waals surface area (Å²) in [7, 11) is 0. The molecule has 1 aliphatic heterocycles. The van der Waals surface area contributed by atoms with Crippen molar-refractivity contribution in [1.82, 2.24) is 15.0 Å². The van der Waals surface area contributed by atoms with Crippen LogP contribution >= 0.6 is 0 Å². The van der Waals surface area contributed by atoms with Crippen molar-refractivity contribution in [2.75, 3.05) is 13.1 Å². The number of rotatable bonds is 6. The highest BCUT2D eigenvalue weighted by atomic mass is 16.5. The molecule has 0 atom stereocenters. The van der Waals surface area contributed by atoms with Gasteiger partial charge in [0, 0.05) is 37.8 Å². The summed E-state index contributed by atoms with van der Waals surface area (Å²) in [5, 5.41) is 4.21.